The van der Waals surface area contributed by atoms with Crippen LogP contribution in [0.25, 0.3) is 16.7 Å². The molecule has 2 heterocycles. The van der Waals surface area contributed by atoms with Crippen molar-refractivity contribution in [3.8, 4) is 5.69 Å². The van der Waals surface area contributed by atoms with E-state index < -0.39 is 23.1 Å². The van der Waals surface area contributed by atoms with Gasteiger partial charge in [0.1, 0.15) is 17.5 Å². The molecular formula is C14H9F3N2O3. The van der Waals surface area contributed by atoms with Gasteiger partial charge >= 0.3 is 11.9 Å². The molecule has 3 rings (SSSR count). The van der Waals surface area contributed by atoms with Gasteiger partial charge in [-0.2, -0.15) is 13.2 Å². The highest BCUT2D eigenvalue weighted by molar-refractivity contribution is 5.86. The summed E-state index contributed by atoms with van der Waals surface area (Å²) in [6.07, 6.45) is -3.62. The number of para-hydroxylation sites is 1. The standard InChI is InChI=1S/C14H9F3N2O3/c1-18-11(14(15,16)17)6-12(20)19(13(18)21)9-7-22-10-5-3-2-4-8(9)10/h2-7H,1H3. The maximum atomic E-state index is 12.8. The van der Waals surface area contributed by atoms with Crippen LogP contribution in [0.4, 0.5) is 13.2 Å². The molecule has 114 valence electrons. The van der Waals surface area contributed by atoms with Gasteiger partial charge in [0.25, 0.3) is 5.56 Å². The van der Waals surface area contributed by atoms with Gasteiger partial charge in [-0.05, 0) is 12.1 Å². The molecule has 0 bridgehead atoms. The summed E-state index contributed by atoms with van der Waals surface area (Å²) in [5.41, 5.74) is -2.93. The molecule has 1 aromatic carbocycles. The first-order valence-electron chi connectivity index (χ1n) is 6.17. The molecule has 8 heteroatoms. The Kier molecular flexibility index (Phi) is 2.98. The Morgan fingerprint density at radius 3 is 2.50 bits per heavy atom. The molecule has 0 saturated heterocycles. The van der Waals surface area contributed by atoms with Crippen molar-refractivity contribution < 1.29 is 17.6 Å². The number of hydrogen-bond acceptors (Lipinski definition) is 3. The first-order chi connectivity index (χ1) is 10.3. The maximum Gasteiger partial charge on any atom is 0.431 e. The molecule has 0 N–H and O–H groups in total. The predicted molar refractivity (Wildman–Crippen MR) is 72.1 cm³/mol. The normalized spacial score (nSPS) is 12.0. The zero-order valence-corrected chi connectivity index (χ0v) is 11.2. The predicted octanol–water partition coefficient (Wildman–Crippen LogP) is 2.30. The molecule has 3 aromatic rings. The minimum absolute atomic E-state index is 0.106. The van der Waals surface area contributed by atoms with E-state index in [0.29, 0.717) is 26.2 Å². The van der Waals surface area contributed by atoms with E-state index in [1.807, 2.05) is 0 Å². The quantitative estimate of drug-likeness (QED) is 0.693. The molecular weight excluding hydrogens is 301 g/mol. The molecule has 0 unspecified atom stereocenters. The van der Waals surface area contributed by atoms with Crippen molar-refractivity contribution in [2.45, 2.75) is 6.18 Å². The van der Waals surface area contributed by atoms with E-state index in [1.165, 1.54) is 6.26 Å². The summed E-state index contributed by atoms with van der Waals surface area (Å²) in [6, 6.07) is 6.99. The lowest BCUT2D eigenvalue weighted by Crippen LogP contribution is -2.40. The second-order valence-corrected chi connectivity index (χ2v) is 4.66. The van der Waals surface area contributed by atoms with Gasteiger partial charge in [-0.3, -0.25) is 9.36 Å². The zero-order valence-electron chi connectivity index (χ0n) is 11.2. The average Bonchev–Trinajstić information content (AvgIpc) is 2.86. The summed E-state index contributed by atoms with van der Waals surface area (Å²) in [5.74, 6) is 0. The van der Waals surface area contributed by atoms with Gasteiger partial charge in [0.2, 0.25) is 0 Å². The second-order valence-electron chi connectivity index (χ2n) is 4.66. The minimum Gasteiger partial charge on any atom is -0.462 e. The summed E-state index contributed by atoms with van der Waals surface area (Å²) < 4.78 is 44.7. The Morgan fingerprint density at radius 1 is 1.14 bits per heavy atom. The van der Waals surface area contributed by atoms with Crippen molar-refractivity contribution in [3.63, 3.8) is 0 Å². The molecule has 22 heavy (non-hydrogen) atoms. The van der Waals surface area contributed by atoms with E-state index in [2.05, 4.69) is 0 Å². The summed E-state index contributed by atoms with van der Waals surface area (Å²) in [4.78, 5) is 24.2. The van der Waals surface area contributed by atoms with Crippen molar-refractivity contribution in [2.24, 2.45) is 7.05 Å². The van der Waals surface area contributed by atoms with Crippen molar-refractivity contribution >= 4 is 11.0 Å². The van der Waals surface area contributed by atoms with Gasteiger partial charge in [-0.15, -0.1) is 0 Å². The first-order valence-corrected chi connectivity index (χ1v) is 6.17. The molecule has 0 aliphatic heterocycles. The third-order valence-electron chi connectivity index (χ3n) is 3.31. The maximum absolute atomic E-state index is 12.8. The molecule has 0 amide bonds. The second kappa shape index (κ2) is 4.62. The van der Waals surface area contributed by atoms with Gasteiger partial charge in [0.05, 0.1) is 5.69 Å². The number of halogens is 3. The fraction of sp³-hybridized carbons (Fsp3) is 0.143. The van der Waals surface area contributed by atoms with Crippen LogP contribution < -0.4 is 11.2 Å². The number of fused-ring (bicyclic) bond motifs is 1. The third-order valence-corrected chi connectivity index (χ3v) is 3.31. The Morgan fingerprint density at radius 2 is 1.82 bits per heavy atom. The number of nitrogens with zero attached hydrogens (tertiary/aromatic N) is 2. The lowest BCUT2D eigenvalue weighted by Gasteiger charge is -2.13. The Balaban J connectivity index is 2.36. The van der Waals surface area contributed by atoms with Crippen molar-refractivity contribution in [3.05, 3.63) is 63.1 Å². The van der Waals surface area contributed by atoms with Crippen LogP contribution in [0.1, 0.15) is 5.69 Å². The van der Waals surface area contributed by atoms with E-state index in [4.69, 9.17) is 4.42 Å². The van der Waals surface area contributed by atoms with Gasteiger partial charge < -0.3 is 4.42 Å². The highest BCUT2D eigenvalue weighted by Gasteiger charge is 2.35. The van der Waals surface area contributed by atoms with Crippen LogP contribution in [-0.4, -0.2) is 9.13 Å². The molecule has 0 fully saturated rings. The van der Waals surface area contributed by atoms with Crippen molar-refractivity contribution in [1.29, 1.82) is 0 Å². The van der Waals surface area contributed by atoms with Crippen LogP contribution in [0, 0.1) is 0 Å². The molecule has 0 saturated carbocycles. The molecule has 0 spiro atoms. The number of rotatable bonds is 1. The highest BCUT2D eigenvalue weighted by atomic mass is 19.4. The Labute approximate surface area is 120 Å². The van der Waals surface area contributed by atoms with Crippen molar-refractivity contribution in [2.75, 3.05) is 0 Å². The summed E-state index contributed by atoms with van der Waals surface area (Å²) >= 11 is 0. The SMILES string of the molecule is Cn1c(C(F)(F)F)cc(=O)n(-c2coc3ccccc23)c1=O. The smallest absolute Gasteiger partial charge is 0.431 e. The Hall–Kier alpha value is -2.77. The molecule has 0 aliphatic rings. The molecule has 5 nitrogen and oxygen atoms in total. The van der Waals surface area contributed by atoms with Gasteiger partial charge in [0, 0.05) is 18.5 Å². The molecule has 2 aromatic heterocycles. The van der Waals surface area contributed by atoms with E-state index >= 15 is 0 Å². The highest BCUT2D eigenvalue weighted by Crippen LogP contribution is 2.27. The molecule has 0 radical (unpaired) electrons. The molecule has 0 atom stereocenters. The number of furan rings is 1. The fourth-order valence-corrected chi connectivity index (χ4v) is 2.26. The number of aromatic nitrogens is 2. The van der Waals surface area contributed by atoms with Crippen LogP contribution >= 0.6 is 0 Å². The fourth-order valence-electron chi connectivity index (χ4n) is 2.26. The number of alkyl halides is 3. The van der Waals surface area contributed by atoms with Crippen LogP contribution in [-0.2, 0) is 13.2 Å². The monoisotopic (exact) mass is 310 g/mol. The summed E-state index contributed by atoms with van der Waals surface area (Å²) in [5, 5.41) is 0.460. The van der Waals surface area contributed by atoms with Gasteiger partial charge in [0.15, 0.2) is 0 Å². The molecule has 0 aliphatic carbocycles. The van der Waals surface area contributed by atoms with Crippen molar-refractivity contribution in [1.82, 2.24) is 9.13 Å². The minimum atomic E-state index is -4.79. The van der Waals surface area contributed by atoms with Crippen LogP contribution in [0.15, 0.2) is 50.6 Å². The number of benzene rings is 1. The van der Waals surface area contributed by atoms with E-state index in [9.17, 15) is 22.8 Å². The van der Waals surface area contributed by atoms with Crippen LogP contribution in [0.3, 0.4) is 0 Å². The topological polar surface area (TPSA) is 57.1 Å². The van der Waals surface area contributed by atoms with Crippen LogP contribution in [0.2, 0.25) is 0 Å². The largest absolute Gasteiger partial charge is 0.462 e. The number of hydrogen-bond donors (Lipinski definition) is 0. The van der Waals surface area contributed by atoms with E-state index in [1.54, 1.807) is 24.3 Å². The van der Waals surface area contributed by atoms with Gasteiger partial charge in [-0.1, -0.05) is 12.1 Å². The first kappa shape index (κ1) is 14.2. The third kappa shape index (κ3) is 2.03. The average molecular weight is 310 g/mol. The van der Waals surface area contributed by atoms with Crippen LogP contribution in [0.5, 0.6) is 0 Å². The zero-order chi connectivity index (χ0) is 16.1. The Bertz CT molecular complexity index is 979. The summed E-state index contributed by atoms with van der Waals surface area (Å²) in [7, 11) is 0.962. The lowest BCUT2D eigenvalue weighted by atomic mass is 10.2. The lowest BCUT2D eigenvalue weighted by molar-refractivity contribution is -0.144. The summed E-state index contributed by atoms with van der Waals surface area (Å²) in [6.45, 7) is 0. The van der Waals surface area contributed by atoms with E-state index in [0.717, 1.165) is 7.05 Å². The van der Waals surface area contributed by atoms with E-state index in [-0.39, 0.29) is 5.69 Å². The van der Waals surface area contributed by atoms with Gasteiger partial charge in [-0.25, -0.2) is 9.36 Å².